The van der Waals surface area contributed by atoms with Crippen LogP contribution in [0.2, 0.25) is 0 Å². The van der Waals surface area contributed by atoms with Gasteiger partial charge in [-0.15, -0.1) is 0 Å². The fraction of sp³-hybridized carbons (Fsp3) is 0.588. The highest BCUT2D eigenvalue weighted by atomic mass is 16.2. The fourth-order valence-corrected chi connectivity index (χ4v) is 2.81. The van der Waals surface area contributed by atoms with Crippen molar-refractivity contribution in [2.24, 2.45) is 5.92 Å². The summed E-state index contributed by atoms with van der Waals surface area (Å²) in [6.07, 6.45) is 3.50. The van der Waals surface area contributed by atoms with Gasteiger partial charge in [0.2, 0.25) is 5.91 Å². The molecule has 0 unspecified atom stereocenters. The van der Waals surface area contributed by atoms with Gasteiger partial charge in [-0.2, -0.15) is 0 Å². The molecule has 3 nitrogen and oxygen atoms in total. The number of rotatable bonds is 4. The van der Waals surface area contributed by atoms with E-state index >= 15 is 0 Å². The summed E-state index contributed by atoms with van der Waals surface area (Å²) >= 11 is 0. The molecule has 1 aliphatic rings. The molecule has 1 N–H and O–H groups in total. The van der Waals surface area contributed by atoms with Crippen molar-refractivity contribution in [3.63, 3.8) is 0 Å². The molecule has 1 heterocycles. The van der Waals surface area contributed by atoms with E-state index in [1.165, 1.54) is 18.4 Å². The van der Waals surface area contributed by atoms with E-state index in [0.717, 1.165) is 25.2 Å². The van der Waals surface area contributed by atoms with Gasteiger partial charge in [0.15, 0.2) is 0 Å². The number of hydrogen-bond donors (Lipinski definition) is 1. The molecule has 1 aromatic carbocycles. The van der Waals surface area contributed by atoms with Crippen LogP contribution in [-0.2, 0) is 11.2 Å². The van der Waals surface area contributed by atoms with Crippen molar-refractivity contribution in [3.8, 4) is 0 Å². The standard InChI is InChI=1S/C17H26N2O/c1-4-15-7-9-16(10-8-15)18-17(20)14(3)19-11-5-6-13(2)12-19/h7-10,13-14H,4-6,11-12H2,1-3H3,(H,18,20)/t13-,14+/m0/s1. The molecule has 3 heteroatoms. The molecule has 20 heavy (non-hydrogen) atoms. The Balaban J connectivity index is 1.92. The van der Waals surface area contributed by atoms with Crippen molar-refractivity contribution < 1.29 is 4.79 Å². The average Bonchev–Trinajstić information content (AvgIpc) is 2.47. The van der Waals surface area contributed by atoms with E-state index in [9.17, 15) is 4.79 Å². The number of anilines is 1. The van der Waals surface area contributed by atoms with Gasteiger partial charge in [0.05, 0.1) is 6.04 Å². The number of amides is 1. The Morgan fingerprint density at radius 2 is 2.10 bits per heavy atom. The number of piperidine rings is 1. The monoisotopic (exact) mass is 274 g/mol. The third kappa shape index (κ3) is 3.83. The fourth-order valence-electron chi connectivity index (χ4n) is 2.81. The highest BCUT2D eigenvalue weighted by molar-refractivity contribution is 5.94. The lowest BCUT2D eigenvalue weighted by Gasteiger charge is -2.34. The van der Waals surface area contributed by atoms with Crippen molar-refractivity contribution in [1.29, 1.82) is 0 Å². The predicted octanol–water partition coefficient (Wildman–Crippen LogP) is 3.31. The minimum Gasteiger partial charge on any atom is -0.325 e. The third-order valence-corrected chi connectivity index (χ3v) is 4.25. The Kier molecular flexibility index (Phi) is 5.18. The number of benzene rings is 1. The summed E-state index contributed by atoms with van der Waals surface area (Å²) in [5.41, 5.74) is 2.19. The Labute approximate surface area is 122 Å². The molecule has 1 aliphatic heterocycles. The molecule has 0 saturated carbocycles. The number of hydrogen-bond acceptors (Lipinski definition) is 2. The average molecular weight is 274 g/mol. The van der Waals surface area contributed by atoms with Gasteiger partial charge in [0.25, 0.3) is 0 Å². The minimum atomic E-state index is -0.0522. The lowest BCUT2D eigenvalue weighted by atomic mass is 9.99. The maximum atomic E-state index is 12.3. The largest absolute Gasteiger partial charge is 0.325 e. The van der Waals surface area contributed by atoms with Gasteiger partial charge in [0, 0.05) is 12.2 Å². The molecular formula is C17H26N2O. The van der Waals surface area contributed by atoms with E-state index < -0.39 is 0 Å². The van der Waals surface area contributed by atoms with E-state index in [0.29, 0.717) is 5.92 Å². The first-order chi connectivity index (χ1) is 9.60. The van der Waals surface area contributed by atoms with Crippen LogP contribution in [0.3, 0.4) is 0 Å². The van der Waals surface area contributed by atoms with Crippen LogP contribution in [0.25, 0.3) is 0 Å². The summed E-state index contributed by atoms with van der Waals surface area (Å²) in [6.45, 7) is 8.47. The molecule has 0 aromatic heterocycles. The maximum absolute atomic E-state index is 12.3. The zero-order valence-corrected chi connectivity index (χ0v) is 12.9. The summed E-state index contributed by atoms with van der Waals surface area (Å²) in [6, 6.07) is 8.07. The van der Waals surface area contributed by atoms with E-state index in [4.69, 9.17) is 0 Å². The first-order valence-corrected chi connectivity index (χ1v) is 7.74. The first-order valence-electron chi connectivity index (χ1n) is 7.74. The van der Waals surface area contributed by atoms with Gasteiger partial charge in [-0.1, -0.05) is 26.0 Å². The Morgan fingerprint density at radius 3 is 2.70 bits per heavy atom. The van der Waals surface area contributed by atoms with Gasteiger partial charge in [-0.3, -0.25) is 9.69 Å². The molecule has 110 valence electrons. The second-order valence-electron chi connectivity index (χ2n) is 5.96. The molecule has 0 radical (unpaired) electrons. The highest BCUT2D eigenvalue weighted by Gasteiger charge is 2.25. The zero-order chi connectivity index (χ0) is 14.5. The number of likely N-dealkylation sites (tertiary alicyclic amines) is 1. The number of carbonyl (C=O) groups is 1. The quantitative estimate of drug-likeness (QED) is 0.913. The van der Waals surface area contributed by atoms with Crippen molar-refractivity contribution in [3.05, 3.63) is 29.8 Å². The summed E-state index contributed by atoms with van der Waals surface area (Å²) in [5.74, 6) is 0.797. The third-order valence-electron chi connectivity index (χ3n) is 4.25. The van der Waals surface area contributed by atoms with Gasteiger partial charge < -0.3 is 5.32 Å². The maximum Gasteiger partial charge on any atom is 0.241 e. The van der Waals surface area contributed by atoms with Gasteiger partial charge in [-0.25, -0.2) is 0 Å². The summed E-state index contributed by atoms with van der Waals surface area (Å²) in [7, 11) is 0. The van der Waals surface area contributed by atoms with Crippen molar-refractivity contribution in [1.82, 2.24) is 4.90 Å². The second-order valence-corrected chi connectivity index (χ2v) is 5.96. The number of carbonyl (C=O) groups excluding carboxylic acids is 1. The van der Waals surface area contributed by atoms with Crippen LogP contribution in [0, 0.1) is 5.92 Å². The molecule has 1 aromatic rings. The Morgan fingerprint density at radius 1 is 1.40 bits per heavy atom. The van der Waals surface area contributed by atoms with E-state index in [-0.39, 0.29) is 11.9 Å². The number of aryl methyl sites for hydroxylation is 1. The topological polar surface area (TPSA) is 32.3 Å². The molecule has 1 amide bonds. The number of nitrogens with zero attached hydrogens (tertiary/aromatic N) is 1. The molecule has 1 saturated heterocycles. The molecule has 0 aliphatic carbocycles. The van der Waals surface area contributed by atoms with Crippen LogP contribution in [-0.4, -0.2) is 29.9 Å². The Hall–Kier alpha value is -1.35. The SMILES string of the molecule is CCc1ccc(NC(=O)[C@@H](C)N2CCC[C@H](C)C2)cc1. The lowest BCUT2D eigenvalue weighted by molar-refractivity contribution is -0.121. The number of nitrogens with one attached hydrogen (secondary N) is 1. The van der Waals surface area contributed by atoms with Crippen LogP contribution in [0.4, 0.5) is 5.69 Å². The summed E-state index contributed by atoms with van der Waals surface area (Å²) in [5, 5.41) is 3.02. The van der Waals surface area contributed by atoms with Crippen molar-refractivity contribution >= 4 is 11.6 Å². The second kappa shape index (κ2) is 6.89. The van der Waals surface area contributed by atoms with E-state index in [1.54, 1.807) is 0 Å². The van der Waals surface area contributed by atoms with Gasteiger partial charge >= 0.3 is 0 Å². The van der Waals surface area contributed by atoms with Crippen LogP contribution < -0.4 is 5.32 Å². The molecular weight excluding hydrogens is 248 g/mol. The van der Waals surface area contributed by atoms with Crippen LogP contribution >= 0.6 is 0 Å². The van der Waals surface area contributed by atoms with Crippen LogP contribution in [0.1, 0.15) is 39.2 Å². The Bertz CT molecular complexity index is 441. The van der Waals surface area contributed by atoms with Gasteiger partial charge in [-0.05, 0) is 56.3 Å². The predicted molar refractivity (Wildman–Crippen MR) is 83.9 cm³/mol. The zero-order valence-electron chi connectivity index (χ0n) is 12.9. The summed E-state index contributed by atoms with van der Waals surface area (Å²) in [4.78, 5) is 14.6. The normalized spacial score (nSPS) is 21.4. The minimum absolute atomic E-state index is 0.0522. The lowest BCUT2D eigenvalue weighted by Crippen LogP contribution is -2.46. The van der Waals surface area contributed by atoms with Crippen molar-refractivity contribution in [2.45, 2.75) is 46.1 Å². The van der Waals surface area contributed by atoms with E-state index in [2.05, 4.69) is 36.2 Å². The first kappa shape index (κ1) is 15.0. The van der Waals surface area contributed by atoms with Gasteiger partial charge in [0.1, 0.15) is 0 Å². The molecule has 2 rings (SSSR count). The van der Waals surface area contributed by atoms with Crippen LogP contribution in [0.5, 0.6) is 0 Å². The van der Waals surface area contributed by atoms with E-state index in [1.807, 2.05) is 19.1 Å². The highest BCUT2D eigenvalue weighted by Crippen LogP contribution is 2.18. The molecule has 0 bridgehead atoms. The molecule has 2 atom stereocenters. The molecule has 1 fully saturated rings. The molecule has 0 spiro atoms. The summed E-state index contributed by atoms with van der Waals surface area (Å²) < 4.78 is 0. The van der Waals surface area contributed by atoms with Crippen molar-refractivity contribution in [2.75, 3.05) is 18.4 Å². The van der Waals surface area contributed by atoms with Crippen LogP contribution in [0.15, 0.2) is 24.3 Å². The smallest absolute Gasteiger partial charge is 0.241 e.